The zero-order valence-corrected chi connectivity index (χ0v) is 13.2. The van der Waals surface area contributed by atoms with Gasteiger partial charge in [-0.3, -0.25) is 14.4 Å². The lowest BCUT2D eigenvalue weighted by Crippen LogP contribution is -2.42. The van der Waals surface area contributed by atoms with Gasteiger partial charge in [0.15, 0.2) is 5.78 Å². The van der Waals surface area contributed by atoms with Crippen molar-refractivity contribution in [3.63, 3.8) is 0 Å². The largest absolute Gasteiger partial charge is 0.481 e. The first-order valence-corrected chi connectivity index (χ1v) is 7.90. The Morgan fingerprint density at radius 3 is 2.38 bits per heavy atom. The normalized spacial score (nSPS) is 11.1. The van der Waals surface area contributed by atoms with Crippen molar-refractivity contribution < 1.29 is 19.5 Å². The summed E-state index contributed by atoms with van der Waals surface area (Å²) in [4.78, 5) is 35.5. The van der Waals surface area contributed by atoms with Gasteiger partial charge < -0.3 is 10.4 Å². The molecule has 0 bridgehead atoms. The van der Waals surface area contributed by atoms with Crippen LogP contribution in [0.4, 0.5) is 0 Å². The first kappa shape index (κ1) is 17.4. The molecule has 6 heteroatoms. The molecule has 0 aliphatic heterocycles. The molecule has 0 aliphatic rings. The molecule has 116 valence electrons. The van der Waals surface area contributed by atoms with Crippen molar-refractivity contribution in [2.24, 2.45) is 5.41 Å². The molecule has 0 spiro atoms. The van der Waals surface area contributed by atoms with Crippen molar-refractivity contribution in [2.75, 3.05) is 6.54 Å². The summed E-state index contributed by atoms with van der Waals surface area (Å²) in [5.41, 5.74) is -0.923. The van der Waals surface area contributed by atoms with Gasteiger partial charge in [-0.2, -0.15) is 0 Å². The summed E-state index contributed by atoms with van der Waals surface area (Å²) in [5, 5.41) is 13.7. The number of carbonyl (C=O) groups excluding carboxylic acids is 2. The van der Waals surface area contributed by atoms with Crippen LogP contribution in [0.3, 0.4) is 0 Å². The molecule has 1 aromatic rings. The number of thiophene rings is 1. The second-order valence-electron chi connectivity index (χ2n) is 4.97. The van der Waals surface area contributed by atoms with E-state index in [1.165, 1.54) is 11.3 Å². The quantitative estimate of drug-likeness (QED) is 0.687. The molecule has 0 radical (unpaired) electrons. The fourth-order valence-corrected chi connectivity index (χ4v) is 2.72. The monoisotopic (exact) mass is 311 g/mol. The molecular weight excluding hydrogens is 290 g/mol. The molecule has 1 rings (SSSR count). The number of hydrogen-bond acceptors (Lipinski definition) is 4. The molecule has 21 heavy (non-hydrogen) atoms. The summed E-state index contributed by atoms with van der Waals surface area (Å²) in [6, 6.07) is 3.52. The molecular formula is C15H21NO4S. The van der Waals surface area contributed by atoms with Gasteiger partial charge in [-0.25, -0.2) is 0 Å². The summed E-state index contributed by atoms with van der Waals surface area (Å²) in [5.74, 6) is -1.24. The fourth-order valence-electron chi connectivity index (χ4n) is 2.02. The van der Waals surface area contributed by atoms with Crippen LogP contribution in [-0.2, 0) is 9.59 Å². The number of aliphatic carboxylic acids is 1. The van der Waals surface area contributed by atoms with E-state index in [4.69, 9.17) is 0 Å². The predicted octanol–water partition coefficient (Wildman–Crippen LogP) is 2.72. The maximum atomic E-state index is 11.8. The zero-order chi connectivity index (χ0) is 15.9. The van der Waals surface area contributed by atoms with E-state index in [1.807, 2.05) is 5.38 Å². The van der Waals surface area contributed by atoms with E-state index in [9.17, 15) is 19.5 Å². The van der Waals surface area contributed by atoms with Gasteiger partial charge in [0, 0.05) is 19.4 Å². The maximum absolute atomic E-state index is 11.8. The van der Waals surface area contributed by atoms with Gasteiger partial charge in [-0.15, -0.1) is 11.3 Å². The SMILES string of the molecule is CCC(CC)(CNC(=O)CCC(=O)c1cccs1)C(=O)O. The third-order valence-electron chi connectivity index (χ3n) is 3.81. The van der Waals surface area contributed by atoms with Gasteiger partial charge in [0.1, 0.15) is 0 Å². The van der Waals surface area contributed by atoms with Gasteiger partial charge in [-0.1, -0.05) is 19.9 Å². The number of amides is 1. The Bertz CT molecular complexity index is 492. The van der Waals surface area contributed by atoms with Crippen molar-refractivity contribution in [1.29, 1.82) is 0 Å². The van der Waals surface area contributed by atoms with E-state index >= 15 is 0 Å². The molecule has 0 atom stereocenters. The lowest BCUT2D eigenvalue weighted by atomic mass is 9.82. The Morgan fingerprint density at radius 2 is 1.90 bits per heavy atom. The standard InChI is InChI=1S/C15H21NO4S/c1-3-15(4-2,14(19)20)10-16-13(18)8-7-11(17)12-6-5-9-21-12/h5-6,9H,3-4,7-8,10H2,1-2H3,(H,16,18)(H,19,20). The minimum atomic E-state index is -0.923. The first-order chi connectivity index (χ1) is 9.95. The molecule has 0 saturated carbocycles. The van der Waals surface area contributed by atoms with E-state index in [0.717, 1.165) is 0 Å². The summed E-state index contributed by atoms with van der Waals surface area (Å²) in [6.45, 7) is 3.69. The molecule has 1 heterocycles. The van der Waals surface area contributed by atoms with E-state index in [1.54, 1.807) is 26.0 Å². The number of ketones is 1. The molecule has 0 aromatic carbocycles. The van der Waals surface area contributed by atoms with Crippen molar-refractivity contribution >= 4 is 29.0 Å². The average Bonchev–Trinajstić information content (AvgIpc) is 3.00. The van der Waals surface area contributed by atoms with E-state index in [0.29, 0.717) is 17.7 Å². The second kappa shape index (κ2) is 7.93. The van der Waals surface area contributed by atoms with Crippen molar-refractivity contribution in [1.82, 2.24) is 5.32 Å². The number of nitrogens with one attached hydrogen (secondary N) is 1. The number of carbonyl (C=O) groups is 3. The minimum absolute atomic E-state index is 0.0596. The Morgan fingerprint density at radius 1 is 1.24 bits per heavy atom. The Kier molecular flexibility index (Phi) is 6.55. The second-order valence-corrected chi connectivity index (χ2v) is 5.92. The smallest absolute Gasteiger partial charge is 0.311 e. The lowest BCUT2D eigenvalue weighted by Gasteiger charge is -2.26. The van der Waals surface area contributed by atoms with Crippen molar-refractivity contribution in [2.45, 2.75) is 39.5 Å². The third kappa shape index (κ3) is 4.67. The molecule has 1 amide bonds. The van der Waals surface area contributed by atoms with Crippen LogP contribution in [0.1, 0.15) is 49.2 Å². The van der Waals surface area contributed by atoms with Gasteiger partial charge >= 0.3 is 5.97 Å². The van der Waals surface area contributed by atoms with Gasteiger partial charge in [0.25, 0.3) is 0 Å². The van der Waals surface area contributed by atoms with Crippen molar-refractivity contribution in [3.05, 3.63) is 22.4 Å². The first-order valence-electron chi connectivity index (χ1n) is 7.02. The predicted molar refractivity (Wildman–Crippen MR) is 81.5 cm³/mol. The van der Waals surface area contributed by atoms with Crippen LogP contribution in [0.2, 0.25) is 0 Å². The van der Waals surface area contributed by atoms with Crippen LogP contribution in [0.25, 0.3) is 0 Å². The molecule has 0 fully saturated rings. The number of hydrogen-bond donors (Lipinski definition) is 2. The van der Waals surface area contributed by atoms with Crippen LogP contribution < -0.4 is 5.32 Å². The Balaban J connectivity index is 2.43. The fraction of sp³-hybridized carbons (Fsp3) is 0.533. The van der Waals surface area contributed by atoms with E-state index < -0.39 is 11.4 Å². The molecule has 2 N–H and O–H groups in total. The summed E-state index contributed by atoms with van der Waals surface area (Å²) in [7, 11) is 0. The van der Waals surface area contributed by atoms with E-state index in [-0.39, 0.29) is 31.1 Å². The van der Waals surface area contributed by atoms with Gasteiger partial charge in [-0.05, 0) is 24.3 Å². The highest BCUT2D eigenvalue weighted by Crippen LogP contribution is 2.25. The van der Waals surface area contributed by atoms with Crippen LogP contribution in [0, 0.1) is 5.41 Å². The molecule has 5 nitrogen and oxygen atoms in total. The van der Waals surface area contributed by atoms with Crippen LogP contribution >= 0.6 is 11.3 Å². The molecule has 0 unspecified atom stereocenters. The van der Waals surface area contributed by atoms with Gasteiger partial charge in [0.05, 0.1) is 10.3 Å². The zero-order valence-electron chi connectivity index (χ0n) is 12.3. The number of Topliss-reactive ketones (excluding diaryl/α,β-unsaturated/α-hetero) is 1. The van der Waals surface area contributed by atoms with Crippen LogP contribution in [0.15, 0.2) is 17.5 Å². The minimum Gasteiger partial charge on any atom is -0.481 e. The highest BCUT2D eigenvalue weighted by molar-refractivity contribution is 7.12. The highest BCUT2D eigenvalue weighted by Gasteiger charge is 2.35. The maximum Gasteiger partial charge on any atom is 0.311 e. The number of rotatable bonds is 9. The highest BCUT2D eigenvalue weighted by atomic mass is 32.1. The third-order valence-corrected chi connectivity index (χ3v) is 4.72. The number of carboxylic acid groups (broad SMARTS) is 1. The summed E-state index contributed by atoms with van der Waals surface area (Å²) < 4.78 is 0. The van der Waals surface area contributed by atoms with Gasteiger partial charge in [0.2, 0.25) is 5.91 Å². The molecule has 1 aromatic heterocycles. The Labute approximate surface area is 128 Å². The summed E-state index contributed by atoms with van der Waals surface area (Å²) >= 11 is 1.35. The van der Waals surface area contributed by atoms with Crippen LogP contribution in [0.5, 0.6) is 0 Å². The number of carboxylic acids is 1. The molecule has 0 aliphatic carbocycles. The average molecular weight is 311 g/mol. The topological polar surface area (TPSA) is 83.5 Å². The van der Waals surface area contributed by atoms with Crippen molar-refractivity contribution in [3.8, 4) is 0 Å². The Hall–Kier alpha value is -1.69. The lowest BCUT2D eigenvalue weighted by molar-refractivity contribution is -0.149. The van der Waals surface area contributed by atoms with E-state index in [2.05, 4.69) is 5.32 Å². The van der Waals surface area contributed by atoms with Crippen LogP contribution in [-0.4, -0.2) is 29.3 Å². The summed E-state index contributed by atoms with van der Waals surface area (Å²) in [6.07, 6.45) is 1.13. The molecule has 0 saturated heterocycles.